The van der Waals surface area contributed by atoms with Crippen LogP contribution in [-0.2, 0) is 49.5 Å². The number of rotatable bonds is 12. The number of allylic oxidation sites excluding steroid dienone is 1. The lowest BCUT2D eigenvalue weighted by Crippen LogP contribution is -2.60. The first-order valence-corrected chi connectivity index (χ1v) is 16.1. The van der Waals surface area contributed by atoms with Gasteiger partial charge in [0, 0.05) is 45.4 Å². The maximum atomic E-state index is 12.2. The molecule has 18 nitrogen and oxygen atoms in total. The van der Waals surface area contributed by atoms with Gasteiger partial charge in [-0.3, -0.25) is 19.2 Å². The van der Waals surface area contributed by atoms with Crippen LogP contribution in [0.2, 0.25) is 0 Å². The molecule has 0 aliphatic carbocycles. The van der Waals surface area contributed by atoms with Crippen molar-refractivity contribution in [3.05, 3.63) is 70.9 Å². The van der Waals surface area contributed by atoms with Gasteiger partial charge in [-0.15, -0.1) is 5.10 Å². The highest BCUT2D eigenvalue weighted by Gasteiger charge is 2.53. The summed E-state index contributed by atoms with van der Waals surface area (Å²) < 4.78 is 51.6. The van der Waals surface area contributed by atoms with Crippen LogP contribution >= 0.6 is 0 Å². The summed E-state index contributed by atoms with van der Waals surface area (Å²) in [6, 6.07) is 12.5. The molecule has 1 fully saturated rings. The molecule has 53 heavy (non-hydrogen) atoms. The van der Waals surface area contributed by atoms with Crippen LogP contribution in [0.15, 0.2) is 54.1 Å². The second-order valence-electron chi connectivity index (χ2n) is 11.8. The minimum absolute atomic E-state index is 0.0725. The summed E-state index contributed by atoms with van der Waals surface area (Å²) in [5.41, 5.74) is 8.05. The number of nitrogens with zero attached hydrogens (tertiary/aromatic N) is 4. The molecule has 0 spiro atoms. The minimum atomic E-state index is -1.39. The number of benzene rings is 2. The van der Waals surface area contributed by atoms with Crippen LogP contribution in [0.25, 0.3) is 0 Å². The van der Waals surface area contributed by atoms with Crippen LogP contribution in [0.1, 0.15) is 56.7 Å². The first kappa shape index (κ1) is 37.9. The molecule has 18 heteroatoms. The summed E-state index contributed by atoms with van der Waals surface area (Å²) in [5, 5.41) is 18.3. The highest BCUT2D eigenvalue weighted by Crippen LogP contribution is 2.45. The standard InChI is InChI=1S/C35H37N5O13/c1-17(41)47-16-29-31(49-18(2)42)32(50-19(3)43)33(51-20(4)44)35(53-29)40-14-22(38-39-40)15-48-23-7-8-26-28(12-23)52-34(37)27(13-36)30(26)21-9-24(45-5)11-25(10-21)46-6/h7-12,14,29-33,35H,15-16,37H2,1-6H3/t29-,30?,31-,32+,33-,35-/m1/s1. The lowest BCUT2D eigenvalue weighted by atomic mass is 9.83. The van der Waals surface area contributed by atoms with E-state index in [1.807, 2.05) is 0 Å². The van der Waals surface area contributed by atoms with E-state index in [9.17, 15) is 24.4 Å². The van der Waals surface area contributed by atoms with Crippen molar-refractivity contribution in [2.75, 3.05) is 20.8 Å². The molecule has 0 amide bonds. The number of hydrogen-bond donors (Lipinski definition) is 1. The zero-order chi connectivity index (χ0) is 38.4. The SMILES string of the molecule is COc1cc(OC)cc(C2C(C#N)=C(N)Oc3cc(OCc4cn([C@@H]5O[C@H](COC(C)=O)[C@@H](OC(C)=O)[C@H](OC(C)=O)[C@H]5OC(C)=O)nn4)ccc32)c1. The van der Waals surface area contributed by atoms with Gasteiger partial charge < -0.3 is 48.4 Å². The molecular weight excluding hydrogens is 698 g/mol. The summed E-state index contributed by atoms with van der Waals surface area (Å²) in [6.45, 7) is 4.05. The number of esters is 4. The maximum Gasteiger partial charge on any atom is 0.303 e. The van der Waals surface area contributed by atoms with Crippen molar-refractivity contribution in [3.8, 4) is 29.1 Å². The molecule has 6 atom stereocenters. The number of carbonyl (C=O) groups excluding carboxylic acids is 4. The molecule has 3 aromatic rings. The number of hydrogen-bond acceptors (Lipinski definition) is 17. The molecule has 0 bridgehead atoms. The Labute approximate surface area is 303 Å². The Bertz CT molecular complexity index is 1930. The molecular formula is C35H37N5O13. The van der Waals surface area contributed by atoms with Crippen molar-refractivity contribution < 1.29 is 61.8 Å². The Balaban J connectivity index is 1.40. The van der Waals surface area contributed by atoms with Gasteiger partial charge in [0.25, 0.3) is 0 Å². The molecule has 1 aromatic heterocycles. The maximum absolute atomic E-state index is 12.2. The molecule has 1 unspecified atom stereocenters. The molecule has 2 aliphatic rings. The van der Waals surface area contributed by atoms with Crippen molar-refractivity contribution in [2.45, 2.75) is 70.9 Å². The summed E-state index contributed by atoms with van der Waals surface area (Å²) in [4.78, 5) is 48.1. The predicted molar refractivity (Wildman–Crippen MR) is 177 cm³/mol. The topological polar surface area (TPSA) is 232 Å². The van der Waals surface area contributed by atoms with Gasteiger partial charge in [-0.25, -0.2) is 4.68 Å². The Morgan fingerprint density at radius 2 is 1.51 bits per heavy atom. The van der Waals surface area contributed by atoms with Crippen LogP contribution in [0, 0.1) is 11.3 Å². The number of nitrogens with two attached hydrogens (primary N) is 1. The van der Waals surface area contributed by atoms with E-state index < -0.39 is 67.0 Å². The average Bonchev–Trinajstić information content (AvgIpc) is 3.58. The second kappa shape index (κ2) is 16.3. The third kappa shape index (κ3) is 8.76. The first-order chi connectivity index (χ1) is 25.3. The number of nitriles is 1. The largest absolute Gasteiger partial charge is 0.497 e. The van der Waals surface area contributed by atoms with Crippen molar-refractivity contribution in [3.63, 3.8) is 0 Å². The number of carbonyl (C=O) groups is 4. The van der Waals surface area contributed by atoms with Crippen LogP contribution in [-0.4, -0.2) is 84.1 Å². The van der Waals surface area contributed by atoms with E-state index in [0.717, 1.165) is 20.8 Å². The fourth-order valence-corrected chi connectivity index (χ4v) is 5.94. The molecule has 2 aromatic carbocycles. The quantitative estimate of drug-likeness (QED) is 0.208. The van der Waals surface area contributed by atoms with Crippen LogP contribution < -0.4 is 24.7 Å². The Morgan fingerprint density at radius 3 is 2.11 bits per heavy atom. The van der Waals surface area contributed by atoms with Gasteiger partial charge >= 0.3 is 23.9 Å². The fraction of sp³-hybridized carbons (Fsp3) is 0.400. The summed E-state index contributed by atoms with van der Waals surface area (Å²) in [5.74, 6) is -1.83. The average molecular weight is 736 g/mol. The van der Waals surface area contributed by atoms with Gasteiger partial charge in [-0.1, -0.05) is 11.3 Å². The smallest absolute Gasteiger partial charge is 0.303 e. The number of methoxy groups -OCH3 is 2. The number of aromatic nitrogens is 3. The molecule has 2 aliphatic heterocycles. The molecule has 280 valence electrons. The zero-order valence-electron chi connectivity index (χ0n) is 29.6. The van der Waals surface area contributed by atoms with E-state index >= 15 is 0 Å². The predicted octanol–water partition coefficient (Wildman–Crippen LogP) is 2.35. The van der Waals surface area contributed by atoms with Gasteiger partial charge in [-0.05, 0) is 23.8 Å². The van der Waals surface area contributed by atoms with Crippen LogP contribution in [0.3, 0.4) is 0 Å². The van der Waals surface area contributed by atoms with Crippen LogP contribution in [0.5, 0.6) is 23.0 Å². The molecule has 5 rings (SSSR count). The third-order valence-electron chi connectivity index (χ3n) is 8.07. The Kier molecular flexibility index (Phi) is 11.7. The van der Waals surface area contributed by atoms with E-state index in [1.165, 1.54) is 32.0 Å². The molecule has 3 heterocycles. The monoisotopic (exact) mass is 735 g/mol. The van der Waals surface area contributed by atoms with Gasteiger partial charge in [0.15, 0.2) is 24.5 Å². The second-order valence-corrected chi connectivity index (χ2v) is 11.8. The highest BCUT2D eigenvalue weighted by molar-refractivity contribution is 5.69. The van der Waals surface area contributed by atoms with Gasteiger partial charge in [0.05, 0.1) is 26.3 Å². The van der Waals surface area contributed by atoms with E-state index in [2.05, 4.69) is 16.4 Å². The normalized spacial score (nSPS) is 21.9. The van der Waals surface area contributed by atoms with Gasteiger partial charge in [0.1, 0.15) is 59.7 Å². The van der Waals surface area contributed by atoms with Crippen LogP contribution in [0.4, 0.5) is 0 Å². The van der Waals surface area contributed by atoms with Gasteiger partial charge in [0.2, 0.25) is 5.88 Å². The Hall–Kier alpha value is -6.35. The van der Waals surface area contributed by atoms with E-state index in [1.54, 1.807) is 36.4 Å². The number of ether oxygens (including phenoxy) is 9. The van der Waals surface area contributed by atoms with Crippen molar-refractivity contribution in [1.29, 1.82) is 5.26 Å². The van der Waals surface area contributed by atoms with Crippen molar-refractivity contribution in [2.24, 2.45) is 5.73 Å². The zero-order valence-corrected chi connectivity index (χ0v) is 29.6. The third-order valence-corrected chi connectivity index (χ3v) is 8.07. The minimum Gasteiger partial charge on any atom is -0.497 e. The number of fused-ring (bicyclic) bond motifs is 1. The fourth-order valence-electron chi connectivity index (χ4n) is 5.94. The van der Waals surface area contributed by atoms with Crippen molar-refractivity contribution in [1.82, 2.24) is 15.0 Å². The lowest BCUT2D eigenvalue weighted by molar-refractivity contribution is -0.270. The molecule has 0 saturated carbocycles. The summed E-state index contributed by atoms with van der Waals surface area (Å²) >= 11 is 0. The molecule has 2 N–H and O–H groups in total. The van der Waals surface area contributed by atoms with E-state index in [4.69, 9.17) is 48.4 Å². The molecule has 1 saturated heterocycles. The van der Waals surface area contributed by atoms with E-state index in [-0.39, 0.29) is 18.1 Å². The summed E-state index contributed by atoms with van der Waals surface area (Å²) in [7, 11) is 3.05. The lowest BCUT2D eigenvalue weighted by Gasteiger charge is -2.44. The Morgan fingerprint density at radius 1 is 0.868 bits per heavy atom. The molecule has 0 radical (unpaired) electrons. The summed E-state index contributed by atoms with van der Waals surface area (Å²) in [6.07, 6.45) is -5.10. The van der Waals surface area contributed by atoms with Gasteiger partial charge in [-0.2, -0.15) is 5.26 Å². The van der Waals surface area contributed by atoms with Crippen molar-refractivity contribution >= 4 is 23.9 Å². The highest BCUT2D eigenvalue weighted by atomic mass is 16.7. The first-order valence-electron chi connectivity index (χ1n) is 16.1. The van der Waals surface area contributed by atoms with E-state index in [0.29, 0.717) is 39.8 Å².